The quantitative estimate of drug-likeness (QED) is 0.566. The molecule has 0 radical (unpaired) electrons. The Kier molecular flexibility index (Phi) is 5.55. The molecule has 110 valence electrons. The predicted octanol–water partition coefficient (Wildman–Crippen LogP) is 4.64. The van der Waals surface area contributed by atoms with Gasteiger partial charge in [-0.05, 0) is 37.0 Å². The number of nitriles is 2. The fourth-order valence-corrected chi connectivity index (χ4v) is 2.01. The number of alkyl halides is 3. The Balaban J connectivity index is 2.88. The van der Waals surface area contributed by atoms with Gasteiger partial charge in [-0.2, -0.15) is 23.7 Å². The largest absolute Gasteiger partial charge is 0.416 e. The van der Waals surface area contributed by atoms with Gasteiger partial charge in [0.25, 0.3) is 0 Å². The highest BCUT2D eigenvalue weighted by Gasteiger charge is 2.32. The summed E-state index contributed by atoms with van der Waals surface area (Å²) < 4.78 is 37.4. The summed E-state index contributed by atoms with van der Waals surface area (Å²) in [6, 6.07) is 8.58. The summed E-state index contributed by atoms with van der Waals surface area (Å²) in [6.07, 6.45) is -0.854. The van der Waals surface area contributed by atoms with Gasteiger partial charge in [0.2, 0.25) is 0 Å². The molecule has 21 heavy (non-hydrogen) atoms. The third-order valence-electron chi connectivity index (χ3n) is 3.23. The van der Waals surface area contributed by atoms with Crippen LogP contribution in [0.2, 0.25) is 0 Å². The number of hydrogen-bond acceptors (Lipinski definition) is 2. The van der Waals surface area contributed by atoms with Crippen LogP contribution in [-0.2, 0) is 12.6 Å². The highest BCUT2D eigenvalue weighted by molar-refractivity contribution is 5.28. The van der Waals surface area contributed by atoms with E-state index in [1.54, 1.807) is 6.08 Å². The highest BCUT2D eigenvalue weighted by atomic mass is 19.4. The van der Waals surface area contributed by atoms with Gasteiger partial charge in [0.1, 0.15) is 5.41 Å². The minimum absolute atomic E-state index is 0.120. The molecular formula is C16H15F3N2. The van der Waals surface area contributed by atoms with E-state index in [1.165, 1.54) is 12.1 Å². The molecule has 0 bridgehead atoms. The lowest BCUT2D eigenvalue weighted by molar-refractivity contribution is -0.137. The van der Waals surface area contributed by atoms with Crippen LogP contribution in [0.1, 0.15) is 30.4 Å². The van der Waals surface area contributed by atoms with Gasteiger partial charge in [-0.15, -0.1) is 6.58 Å². The van der Waals surface area contributed by atoms with Crippen LogP contribution >= 0.6 is 0 Å². The topological polar surface area (TPSA) is 47.6 Å². The van der Waals surface area contributed by atoms with Gasteiger partial charge >= 0.3 is 6.18 Å². The molecule has 0 heterocycles. The molecule has 0 amide bonds. The first-order valence-electron chi connectivity index (χ1n) is 6.46. The van der Waals surface area contributed by atoms with Crippen molar-refractivity contribution in [2.24, 2.45) is 5.41 Å². The van der Waals surface area contributed by atoms with E-state index in [2.05, 4.69) is 6.58 Å². The van der Waals surface area contributed by atoms with E-state index in [4.69, 9.17) is 0 Å². The van der Waals surface area contributed by atoms with E-state index in [9.17, 15) is 23.7 Å². The zero-order chi connectivity index (χ0) is 15.9. The number of hydrogen-bond donors (Lipinski definition) is 0. The molecule has 2 nitrogen and oxygen atoms in total. The monoisotopic (exact) mass is 292 g/mol. The SMILES string of the molecule is C=CCCCC(C#N)(C#N)Cc1ccc(C(F)(F)F)cc1. The first-order chi connectivity index (χ1) is 9.87. The number of unbranched alkanes of at least 4 members (excludes halogenated alkanes) is 1. The van der Waals surface area contributed by atoms with Crippen molar-refractivity contribution in [2.75, 3.05) is 0 Å². The molecule has 0 aromatic heterocycles. The third-order valence-corrected chi connectivity index (χ3v) is 3.23. The van der Waals surface area contributed by atoms with E-state index in [0.29, 0.717) is 24.8 Å². The lowest BCUT2D eigenvalue weighted by atomic mass is 9.80. The van der Waals surface area contributed by atoms with E-state index < -0.39 is 17.2 Å². The number of rotatable bonds is 6. The first-order valence-corrected chi connectivity index (χ1v) is 6.46. The summed E-state index contributed by atoms with van der Waals surface area (Å²) in [5.41, 5.74) is -1.40. The van der Waals surface area contributed by atoms with E-state index in [-0.39, 0.29) is 6.42 Å². The molecule has 1 rings (SSSR count). The normalized spacial score (nSPS) is 11.5. The molecule has 0 saturated carbocycles. The van der Waals surface area contributed by atoms with Crippen molar-refractivity contribution in [3.63, 3.8) is 0 Å². The summed E-state index contributed by atoms with van der Waals surface area (Å²) in [5, 5.41) is 18.5. The molecule has 1 aromatic carbocycles. The van der Waals surface area contributed by atoms with Gasteiger partial charge in [-0.1, -0.05) is 18.2 Å². The second-order valence-corrected chi connectivity index (χ2v) is 4.86. The van der Waals surface area contributed by atoms with E-state index in [1.807, 2.05) is 12.1 Å². The minimum Gasteiger partial charge on any atom is -0.197 e. The molecule has 0 atom stereocenters. The molecule has 0 aliphatic rings. The van der Waals surface area contributed by atoms with Crippen LogP contribution in [0.25, 0.3) is 0 Å². The van der Waals surface area contributed by atoms with Crippen molar-refractivity contribution in [1.82, 2.24) is 0 Å². The van der Waals surface area contributed by atoms with Crippen molar-refractivity contribution in [2.45, 2.75) is 31.9 Å². The van der Waals surface area contributed by atoms with Crippen LogP contribution in [0, 0.1) is 28.1 Å². The molecule has 0 aliphatic carbocycles. The lowest BCUT2D eigenvalue weighted by Crippen LogP contribution is -2.19. The maximum Gasteiger partial charge on any atom is 0.416 e. The van der Waals surface area contributed by atoms with Gasteiger partial charge in [0.15, 0.2) is 0 Å². The number of benzene rings is 1. The van der Waals surface area contributed by atoms with Gasteiger partial charge in [0, 0.05) is 6.42 Å². The molecule has 0 spiro atoms. The summed E-state index contributed by atoms with van der Waals surface area (Å²) in [5.74, 6) is 0. The Hall–Kier alpha value is -2.27. The van der Waals surface area contributed by atoms with Crippen LogP contribution in [0.5, 0.6) is 0 Å². The Labute approximate surface area is 122 Å². The van der Waals surface area contributed by atoms with Gasteiger partial charge < -0.3 is 0 Å². The zero-order valence-corrected chi connectivity index (χ0v) is 11.5. The standard InChI is InChI=1S/C16H15F3N2/c1-2-3-4-9-15(11-20,12-21)10-13-5-7-14(8-6-13)16(17,18)19/h2,5-8H,1,3-4,9-10H2. The average Bonchev–Trinajstić information content (AvgIpc) is 2.46. The summed E-state index contributed by atoms with van der Waals surface area (Å²) in [4.78, 5) is 0. The summed E-state index contributed by atoms with van der Waals surface area (Å²) in [7, 11) is 0. The Morgan fingerprint density at radius 2 is 1.67 bits per heavy atom. The van der Waals surface area contributed by atoms with Crippen LogP contribution in [0.15, 0.2) is 36.9 Å². The molecule has 0 unspecified atom stereocenters. The second-order valence-electron chi connectivity index (χ2n) is 4.86. The second kappa shape index (κ2) is 6.95. The fraction of sp³-hybridized carbons (Fsp3) is 0.375. The predicted molar refractivity (Wildman–Crippen MR) is 72.9 cm³/mol. The molecule has 1 aromatic rings. The smallest absolute Gasteiger partial charge is 0.197 e. The minimum atomic E-state index is -4.38. The Morgan fingerprint density at radius 1 is 1.10 bits per heavy atom. The summed E-state index contributed by atoms with van der Waals surface area (Å²) >= 11 is 0. The molecule has 0 N–H and O–H groups in total. The molecule has 0 fully saturated rings. The number of halogens is 3. The summed E-state index contributed by atoms with van der Waals surface area (Å²) in [6.45, 7) is 3.58. The Bertz CT molecular complexity index is 545. The number of nitrogens with zero attached hydrogens (tertiary/aromatic N) is 2. The molecular weight excluding hydrogens is 277 g/mol. The van der Waals surface area contributed by atoms with Crippen molar-refractivity contribution in [1.29, 1.82) is 10.5 Å². The molecule has 0 aliphatic heterocycles. The third kappa shape index (κ3) is 4.65. The maximum atomic E-state index is 12.5. The van der Waals surface area contributed by atoms with Gasteiger partial charge in [0.05, 0.1) is 17.7 Å². The van der Waals surface area contributed by atoms with Crippen molar-refractivity contribution < 1.29 is 13.2 Å². The number of allylic oxidation sites excluding steroid dienone is 1. The van der Waals surface area contributed by atoms with Crippen LogP contribution in [-0.4, -0.2) is 0 Å². The van der Waals surface area contributed by atoms with Crippen molar-refractivity contribution >= 4 is 0 Å². The molecule has 5 heteroatoms. The van der Waals surface area contributed by atoms with Crippen molar-refractivity contribution in [3.8, 4) is 12.1 Å². The van der Waals surface area contributed by atoms with Crippen LogP contribution < -0.4 is 0 Å². The maximum absolute atomic E-state index is 12.5. The van der Waals surface area contributed by atoms with Crippen LogP contribution in [0.3, 0.4) is 0 Å². The first kappa shape index (κ1) is 16.8. The zero-order valence-electron chi connectivity index (χ0n) is 11.5. The molecule has 0 saturated heterocycles. The lowest BCUT2D eigenvalue weighted by Gasteiger charge is -2.18. The van der Waals surface area contributed by atoms with Gasteiger partial charge in [-0.3, -0.25) is 0 Å². The van der Waals surface area contributed by atoms with Crippen LogP contribution in [0.4, 0.5) is 13.2 Å². The van der Waals surface area contributed by atoms with E-state index in [0.717, 1.165) is 12.1 Å². The van der Waals surface area contributed by atoms with Crippen molar-refractivity contribution in [3.05, 3.63) is 48.0 Å². The Morgan fingerprint density at radius 3 is 2.10 bits per heavy atom. The van der Waals surface area contributed by atoms with E-state index >= 15 is 0 Å². The van der Waals surface area contributed by atoms with Gasteiger partial charge in [-0.25, -0.2) is 0 Å². The average molecular weight is 292 g/mol. The fourth-order valence-electron chi connectivity index (χ4n) is 2.01. The highest BCUT2D eigenvalue weighted by Crippen LogP contribution is 2.32.